The monoisotopic (exact) mass is 203 g/mol. The normalized spacial score (nSPS) is 10.2. The molecule has 0 spiro atoms. The molecule has 2 aromatic rings. The zero-order valence-electron chi connectivity index (χ0n) is 8.11. The molecule has 1 aromatic carbocycles. The van der Waals surface area contributed by atoms with Gasteiger partial charge in [-0.15, -0.1) is 0 Å². The molecule has 0 atom stereocenters. The van der Waals surface area contributed by atoms with E-state index in [2.05, 4.69) is 9.68 Å². The highest BCUT2D eigenvalue weighted by Crippen LogP contribution is 2.08. The van der Waals surface area contributed by atoms with E-state index in [1.54, 1.807) is 31.2 Å². The molecule has 0 bridgehead atoms. The lowest BCUT2D eigenvalue weighted by atomic mass is 10.0. The first-order chi connectivity index (χ1) is 7.20. The van der Waals surface area contributed by atoms with Gasteiger partial charge in [0.1, 0.15) is 5.56 Å². The maximum Gasteiger partial charge on any atom is 0.368 e. The van der Waals surface area contributed by atoms with Crippen molar-refractivity contribution in [1.82, 2.24) is 5.16 Å². The highest BCUT2D eigenvalue weighted by molar-refractivity contribution is 6.09. The molecule has 0 aliphatic heterocycles. The number of aromatic nitrogens is 1. The summed E-state index contributed by atoms with van der Waals surface area (Å²) in [6.45, 7) is 1.63. The van der Waals surface area contributed by atoms with E-state index < -0.39 is 5.63 Å². The van der Waals surface area contributed by atoms with Crippen LogP contribution in [0.2, 0.25) is 0 Å². The van der Waals surface area contributed by atoms with Gasteiger partial charge >= 0.3 is 5.63 Å². The van der Waals surface area contributed by atoms with Crippen molar-refractivity contribution >= 4 is 5.78 Å². The molecule has 0 unspecified atom stereocenters. The smallest absolute Gasteiger partial charge is 0.338 e. The Balaban J connectivity index is 2.51. The minimum Gasteiger partial charge on any atom is -0.338 e. The van der Waals surface area contributed by atoms with Gasteiger partial charge in [-0.2, -0.15) is 0 Å². The molecule has 0 fully saturated rings. The topological polar surface area (TPSA) is 63.1 Å². The van der Waals surface area contributed by atoms with Gasteiger partial charge in [-0.1, -0.05) is 30.3 Å². The third-order valence-corrected chi connectivity index (χ3v) is 2.14. The Labute approximate surface area is 85.5 Å². The van der Waals surface area contributed by atoms with Gasteiger partial charge in [0.05, 0.1) is 5.69 Å². The number of aromatic amines is 1. The molecule has 1 heterocycles. The molecule has 2 rings (SSSR count). The van der Waals surface area contributed by atoms with Crippen molar-refractivity contribution in [3.05, 3.63) is 57.6 Å². The summed E-state index contributed by atoms with van der Waals surface area (Å²) >= 11 is 0. The van der Waals surface area contributed by atoms with Crippen molar-refractivity contribution < 1.29 is 9.32 Å². The average Bonchev–Trinajstić information content (AvgIpc) is 2.59. The quantitative estimate of drug-likeness (QED) is 0.752. The molecule has 1 aromatic heterocycles. The van der Waals surface area contributed by atoms with Crippen molar-refractivity contribution in [1.29, 1.82) is 0 Å². The molecule has 0 amide bonds. The van der Waals surface area contributed by atoms with Crippen LogP contribution in [-0.2, 0) is 0 Å². The van der Waals surface area contributed by atoms with Crippen LogP contribution in [-0.4, -0.2) is 10.9 Å². The zero-order chi connectivity index (χ0) is 10.8. The number of nitrogens with one attached hydrogen (secondary N) is 1. The number of hydrogen-bond donors (Lipinski definition) is 1. The van der Waals surface area contributed by atoms with Crippen LogP contribution >= 0.6 is 0 Å². The summed E-state index contributed by atoms with van der Waals surface area (Å²) in [5, 5.41) is 2.38. The van der Waals surface area contributed by atoms with E-state index in [1.807, 2.05) is 6.07 Å². The first-order valence-corrected chi connectivity index (χ1v) is 4.48. The van der Waals surface area contributed by atoms with Gasteiger partial charge in [0.25, 0.3) is 0 Å². The lowest BCUT2D eigenvalue weighted by molar-refractivity contribution is 0.103. The standard InChI is InChI=1S/C11H9NO3/c1-7-9(11(14)15-12-7)10(13)8-5-3-2-4-6-8/h2-6,12H,1H3. The van der Waals surface area contributed by atoms with Gasteiger partial charge in [-0.3, -0.25) is 4.79 Å². The highest BCUT2D eigenvalue weighted by atomic mass is 16.5. The second-order valence-electron chi connectivity index (χ2n) is 3.19. The molecule has 15 heavy (non-hydrogen) atoms. The average molecular weight is 203 g/mol. The van der Waals surface area contributed by atoms with E-state index in [-0.39, 0.29) is 11.3 Å². The summed E-state index contributed by atoms with van der Waals surface area (Å²) in [5.41, 5.74) is 0.379. The van der Waals surface area contributed by atoms with E-state index >= 15 is 0 Å². The Hall–Kier alpha value is -2.10. The Kier molecular flexibility index (Phi) is 2.25. The molecule has 4 heteroatoms. The fourth-order valence-electron chi connectivity index (χ4n) is 1.37. The third-order valence-electron chi connectivity index (χ3n) is 2.14. The Morgan fingerprint density at radius 1 is 1.27 bits per heavy atom. The zero-order valence-corrected chi connectivity index (χ0v) is 8.11. The maximum atomic E-state index is 11.9. The molecule has 0 saturated heterocycles. The third kappa shape index (κ3) is 1.61. The van der Waals surface area contributed by atoms with Crippen LogP contribution in [0.5, 0.6) is 0 Å². The molecule has 0 aliphatic carbocycles. The number of ketones is 1. The number of carbonyl (C=O) groups excluding carboxylic acids is 1. The second-order valence-corrected chi connectivity index (χ2v) is 3.19. The minimum absolute atomic E-state index is 0.0706. The summed E-state index contributed by atoms with van der Waals surface area (Å²) < 4.78 is 4.54. The molecular weight excluding hydrogens is 194 g/mol. The van der Waals surface area contributed by atoms with Crippen LogP contribution in [0.4, 0.5) is 0 Å². The molecule has 76 valence electrons. The molecule has 0 radical (unpaired) electrons. The summed E-state index contributed by atoms with van der Waals surface area (Å²) in [6, 6.07) is 8.62. The fraction of sp³-hybridized carbons (Fsp3) is 0.0909. The van der Waals surface area contributed by atoms with E-state index in [0.29, 0.717) is 11.3 Å². The lowest BCUT2D eigenvalue weighted by Gasteiger charge is -1.96. The Bertz CT molecular complexity index is 536. The first-order valence-electron chi connectivity index (χ1n) is 4.48. The van der Waals surface area contributed by atoms with Gasteiger partial charge in [-0.05, 0) is 6.92 Å². The van der Waals surface area contributed by atoms with Crippen LogP contribution < -0.4 is 5.63 Å². The Morgan fingerprint density at radius 2 is 1.93 bits per heavy atom. The molecule has 1 N–H and O–H groups in total. The Morgan fingerprint density at radius 3 is 2.47 bits per heavy atom. The number of hydrogen-bond acceptors (Lipinski definition) is 3. The van der Waals surface area contributed by atoms with Crippen molar-refractivity contribution in [2.45, 2.75) is 6.92 Å². The van der Waals surface area contributed by atoms with Crippen LogP contribution in [0.3, 0.4) is 0 Å². The van der Waals surface area contributed by atoms with Crippen LogP contribution in [0.15, 0.2) is 39.6 Å². The van der Waals surface area contributed by atoms with Gasteiger partial charge in [0.15, 0.2) is 0 Å². The largest absolute Gasteiger partial charge is 0.368 e. The molecule has 0 saturated carbocycles. The van der Waals surface area contributed by atoms with Crippen LogP contribution in [0.25, 0.3) is 0 Å². The van der Waals surface area contributed by atoms with E-state index in [4.69, 9.17) is 0 Å². The van der Waals surface area contributed by atoms with Crippen LogP contribution in [0, 0.1) is 6.92 Å². The number of rotatable bonds is 2. The van der Waals surface area contributed by atoms with E-state index in [1.165, 1.54) is 0 Å². The van der Waals surface area contributed by atoms with Gasteiger partial charge in [0.2, 0.25) is 5.78 Å². The minimum atomic E-state index is -0.624. The van der Waals surface area contributed by atoms with Crippen molar-refractivity contribution in [2.75, 3.05) is 0 Å². The van der Waals surface area contributed by atoms with Crippen molar-refractivity contribution in [3.8, 4) is 0 Å². The van der Waals surface area contributed by atoms with Crippen molar-refractivity contribution in [2.24, 2.45) is 0 Å². The molecule has 0 aliphatic rings. The van der Waals surface area contributed by atoms with Gasteiger partial charge < -0.3 is 4.52 Å². The van der Waals surface area contributed by atoms with Gasteiger partial charge in [0, 0.05) is 5.56 Å². The lowest BCUT2D eigenvalue weighted by Crippen LogP contribution is -2.12. The highest BCUT2D eigenvalue weighted by Gasteiger charge is 2.18. The molecular formula is C11H9NO3. The van der Waals surface area contributed by atoms with E-state index in [9.17, 15) is 9.59 Å². The fourth-order valence-corrected chi connectivity index (χ4v) is 1.37. The molecule has 4 nitrogen and oxygen atoms in total. The summed E-state index contributed by atoms with van der Waals surface area (Å²) in [6.07, 6.45) is 0. The summed E-state index contributed by atoms with van der Waals surface area (Å²) in [5.74, 6) is -0.317. The second kappa shape index (κ2) is 3.57. The number of carbonyl (C=O) groups is 1. The summed E-state index contributed by atoms with van der Waals surface area (Å²) in [4.78, 5) is 23.1. The predicted octanol–water partition coefficient (Wildman–Crippen LogP) is 1.51. The number of benzene rings is 1. The van der Waals surface area contributed by atoms with Crippen molar-refractivity contribution in [3.63, 3.8) is 0 Å². The SMILES string of the molecule is Cc1[nH]oc(=O)c1C(=O)c1ccccc1. The maximum absolute atomic E-state index is 11.9. The first kappa shape index (κ1) is 9.45. The van der Waals surface area contributed by atoms with E-state index in [0.717, 1.165) is 0 Å². The van der Waals surface area contributed by atoms with Gasteiger partial charge in [-0.25, -0.2) is 9.95 Å². The number of aryl methyl sites for hydroxylation is 1. The van der Waals surface area contributed by atoms with Crippen LogP contribution in [0.1, 0.15) is 21.6 Å². The number of H-pyrrole nitrogens is 1. The predicted molar refractivity (Wildman–Crippen MR) is 53.9 cm³/mol. The summed E-state index contributed by atoms with van der Waals surface area (Å²) in [7, 11) is 0.